The van der Waals surface area contributed by atoms with Gasteiger partial charge in [-0.1, -0.05) is 0 Å². The highest BCUT2D eigenvalue weighted by molar-refractivity contribution is 5.94. The van der Waals surface area contributed by atoms with Crippen LogP contribution in [0.2, 0.25) is 0 Å². The highest BCUT2D eigenvalue weighted by atomic mass is 19.4. The lowest BCUT2D eigenvalue weighted by atomic mass is 9.77. The van der Waals surface area contributed by atoms with E-state index in [1.807, 2.05) is 4.90 Å². The van der Waals surface area contributed by atoms with E-state index in [1.165, 1.54) is 12.8 Å². The summed E-state index contributed by atoms with van der Waals surface area (Å²) in [4.78, 5) is 42.2. The van der Waals surface area contributed by atoms with E-state index in [9.17, 15) is 22.8 Å². The number of piperidine rings is 1. The summed E-state index contributed by atoms with van der Waals surface area (Å²) in [6.07, 6.45) is 3.35. The van der Waals surface area contributed by atoms with E-state index in [1.54, 1.807) is 24.5 Å². The van der Waals surface area contributed by atoms with Gasteiger partial charge in [0.2, 0.25) is 5.91 Å². The molecule has 2 amide bonds. The molecule has 1 aliphatic carbocycles. The fourth-order valence-electron chi connectivity index (χ4n) is 3.95. The molecule has 2 aliphatic heterocycles. The number of rotatable bonds is 3. The molecule has 4 rings (SSSR count). The van der Waals surface area contributed by atoms with Crippen LogP contribution in [0.1, 0.15) is 42.5 Å². The molecule has 2 saturated heterocycles. The van der Waals surface area contributed by atoms with Crippen LogP contribution in [0, 0.1) is 11.3 Å². The molecular weight excluding hydrogens is 403 g/mol. The minimum Gasteiger partial charge on any atom is -0.475 e. The van der Waals surface area contributed by atoms with E-state index in [2.05, 4.69) is 9.88 Å². The lowest BCUT2D eigenvalue weighted by Crippen LogP contribution is -2.46. The third kappa shape index (κ3) is 5.09. The molecule has 7 nitrogen and oxygen atoms in total. The monoisotopic (exact) mass is 427 g/mol. The summed E-state index contributed by atoms with van der Waals surface area (Å²) >= 11 is 0. The highest BCUT2D eigenvalue weighted by Crippen LogP contribution is 2.43. The van der Waals surface area contributed by atoms with Gasteiger partial charge in [-0.05, 0) is 50.2 Å². The van der Waals surface area contributed by atoms with Crippen molar-refractivity contribution >= 4 is 17.8 Å². The Balaban J connectivity index is 0.000000318. The number of hydrogen-bond donors (Lipinski definition) is 1. The van der Waals surface area contributed by atoms with Gasteiger partial charge in [-0.2, -0.15) is 13.2 Å². The molecule has 3 fully saturated rings. The number of hydrogen-bond acceptors (Lipinski definition) is 4. The van der Waals surface area contributed by atoms with Crippen molar-refractivity contribution in [3.05, 3.63) is 30.1 Å². The molecule has 0 unspecified atom stereocenters. The van der Waals surface area contributed by atoms with Gasteiger partial charge >= 0.3 is 12.1 Å². The van der Waals surface area contributed by atoms with Crippen molar-refractivity contribution in [2.75, 3.05) is 26.2 Å². The Morgan fingerprint density at radius 1 is 1.17 bits per heavy atom. The van der Waals surface area contributed by atoms with Gasteiger partial charge in [-0.15, -0.1) is 0 Å². The normalized spacial score (nSPS) is 20.7. The molecule has 164 valence electrons. The molecule has 1 saturated carbocycles. The van der Waals surface area contributed by atoms with Crippen LogP contribution in [-0.2, 0) is 9.59 Å². The quantitative estimate of drug-likeness (QED) is 0.801. The third-order valence-corrected chi connectivity index (χ3v) is 5.94. The van der Waals surface area contributed by atoms with E-state index in [0.29, 0.717) is 24.6 Å². The third-order valence-electron chi connectivity index (χ3n) is 5.94. The summed E-state index contributed by atoms with van der Waals surface area (Å²) in [5.74, 6) is -1.63. The van der Waals surface area contributed by atoms with E-state index in [-0.39, 0.29) is 11.3 Å². The Kier molecular flexibility index (Phi) is 6.33. The smallest absolute Gasteiger partial charge is 0.475 e. The SMILES string of the molecule is O=C(O)C(F)(F)F.O=C(c1cccnc1)N1CCC2(CC1)CCN(CC1CC1)C2=O. The van der Waals surface area contributed by atoms with E-state index in [4.69, 9.17) is 9.90 Å². The minimum atomic E-state index is -5.08. The molecule has 30 heavy (non-hydrogen) atoms. The summed E-state index contributed by atoms with van der Waals surface area (Å²) in [6, 6.07) is 3.59. The van der Waals surface area contributed by atoms with Crippen LogP contribution < -0.4 is 0 Å². The average Bonchev–Trinajstić information content (AvgIpc) is 3.50. The standard InChI is InChI=1S/C18H23N3O2.C2HF3O2/c22-16(15-2-1-8-19-12-15)20-9-5-18(6-10-20)7-11-21(17(18)23)13-14-3-4-14;3-2(4,5)1(6)7/h1-2,8,12,14H,3-7,9-11,13H2;(H,6,7). The predicted octanol–water partition coefficient (Wildman–Crippen LogP) is 2.58. The number of carbonyl (C=O) groups is 3. The number of aromatic nitrogens is 1. The van der Waals surface area contributed by atoms with Crippen LogP contribution >= 0.6 is 0 Å². The van der Waals surface area contributed by atoms with Crippen LogP contribution in [0.4, 0.5) is 13.2 Å². The average molecular weight is 427 g/mol. The summed E-state index contributed by atoms with van der Waals surface area (Å²) in [6.45, 7) is 3.22. The van der Waals surface area contributed by atoms with Gasteiger partial charge < -0.3 is 14.9 Å². The van der Waals surface area contributed by atoms with Crippen LogP contribution in [0.5, 0.6) is 0 Å². The Morgan fingerprint density at radius 2 is 1.77 bits per heavy atom. The molecule has 0 aromatic carbocycles. The van der Waals surface area contributed by atoms with Gasteiger partial charge in [0.1, 0.15) is 0 Å². The maximum absolute atomic E-state index is 12.8. The highest BCUT2D eigenvalue weighted by Gasteiger charge is 2.49. The first-order valence-corrected chi connectivity index (χ1v) is 9.91. The molecule has 1 aromatic heterocycles. The first-order chi connectivity index (χ1) is 14.1. The molecule has 0 radical (unpaired) electrons. The number of nitrogens with zero attached hydrogens (tertiary/aromatic N) is 3. The molecule has 1 spiro atoms. The summed E-state index contributed by atoms with van der Waals surface area (Å²) in [5, 5.41) is 7.12. The Morgan fingerprint density at radius 3 is 2.27 bits per heavy atom. The largest absolute Gasteiger partial charge is 0.490 e. The van der Waals surface area contributed by atoms with Crippen LogP contribution in [0.3, 0.4) is 0 Å². The van der Waals surface area contributed by atoms with Crippen molar-refractivity contribution in [2.24, 2.45) is 11.3 Å². The van der Waals surface area contributed by atoms with Gasteiger partial charge in [0.05, 0.1) is 11.0 Å². The Bertz CT molecular complexity index is 788. The second-order valence-electron chi connectivity index (χ2n) is 8.06. The Hall–Kier alpha value is -2.65. The second kappa shape index (κ2) is 8.61. The van der Waals surface area contributed by atoms with Gasteiger partial charge in [-0.25, -0.2) is 4.79 Å². The van der Waals surface area contributed by atoms with Crippen molar-refractivity contribution in [2.45, 2.75) is 38.3 Å². The number of amides is 2. The first-order valence-electron chi connectivity index (χ1n) is 9.91. The fourth-order valence-corrected chi connectivity index (χ4v) is 3.95. The number of carboxylic acids is 1. The molecule has 3 aliphatic rings. The number of halogens is 3. The zero-order valence-corrected chi connectivity index (χ0v) is 16.4. The zero-order chi connectivity index (χ0) is 21.9. The molecule has 10 heteroatoms. The Labute approximate surface area is 171 Å². The maximum Gasteiger partial charge on any atom is 0.490 e. The van der Waals surface area contributed by atoms with Gasteiger partial charge in [-0.3, -0.25) is 14.6 Å². The van der Waals surface area contributed by atoms with Crippen LogP contribution in [0.25, 0.3) is 0 Å². The van der Waals surface area contributed by atoms with Gasteiger partial charge in [0, 0.05) is 38.6 Å². The molecule has 1 N–H and O–H groups in total. The van der Waals surface area contributed by atoms with Crippen molar-refractivity contribution in [1.29, 1.82) is 0 Å². The van der Waals surface area contributed by atoms with E-state index in [0.717, 1.165) is 38.3 Å². The van der Waals surface area contributed by atoms with Crippen molar-refractivity contribution in [3.63, 3.8) is 0 Å². The summed E-state index contributed by atoms with van der Waals surface area (Å²) in [5.41, 5.74) is 0.442. The zero-order valence-electron chi connectivity index (χ0n) is 16.4. The van der Waals surface area contributed by atoms with Crippen molar-refractivity contribution < 1.29 is 32.7 Å². The number of carbonyl (C=O) groups excluding carboxylic acids is 2. The topological polar surface area (TPSA) is 90.8 Å². The van der Waals surface area contributed by atoms with Crippen molar-refractivity contribution in [1.82, 2.24) is 14.8 Å². The molecule has 3 heterocycles. The maximum atomic E-state index is 12.8. The molecule has 0 bridgehead atoms. The molecule has 0 atom stereocenters. The van der Waals surface area contributed by atoms with E-state index < -0.39 is 12.1 Å². The number of pyridine rings is 1. The van der Waals surface area contributed by atoms with Crippen LogP contribution in [-0.4, -0.2) is 70.0 Å². The van der Waals surface area contributed by atoms with Crippen LogP contribution in [0.15, 0.2) is 24.5 Å². The van der Waals surface area contributed by atoms with Crippen molar-refractivity contribution in [3.8, 4) is 0 Å². The number of alkyl halides is 3. The number of carboxylic acid groups (broad SMARTS) is 1. The van der Waals surface area contributed by atoms with E-state index >= 15 is 0 Å². The van der Waals surface area contributed by atoms with Gasteiger partial charge in [0.25, 0.3) is 5.91 Å². The molecule has 1 aromatic rings. The predicted molar refractivity (Wildman–Crippen MR) is 99.4 cm³/mol. The number of aliphatic carboxylic acids is 1. The summed E-state index contributed by atoms with van der Waals surface area (Å²) < 4.78 is 31.7. The first kappa shape index (κ1) is 22.0. The van der Waals surface area contributed by atoms with Gasteiger partial charge in [0.15, 0.2) is 0 Å². The fraction of sp³-hybridized carbons (Fsp3) is 0.600. The summed E-state index contributed by atoms with van der Waals surface area (Å²) in [7, 11) is 0. The molecular formula is C20H24F3N3O4. The second-order valence-corrected chi connectivity index (χ2v) is 8.06. The minimum absolute atomic E-state index is 0.0354. The number of likely N-dealkylation sites (tertiary alicyclic amines) is 2. The lowest BCUT2D eigenvalue weighted by molar-refractivity contribution is -0.192. The lowest BCUT2D eigenvalue weighted by Gasteiger charge is -2.38.